The number of amides is 1. The average molecular weight is 350 g/mol. The molecule has 0 radical (unpaired) electrons. The number of rotatable bonds is 3. The lowest BCUT2D eigenvalue weighted by atomic mass is 9.77. The van der Waals surface area contributed by atoms with Gasteiger partial charge in [-0.15, -0.1) is 11.3 Å². The van der Waals surface area contributed by atoms with E-state index in [1.54, 1.807) is 11.3 Å². The summed E-state index contributed by atoms with van der Waals surface area (Å²) in [5.41, 5.74) is 0.904. The van der Waals surface area contributed by atoms with Crippen molar-refractivity contribution in [3.05, 3.63) is 16.1 Å². The van der Waals surface area contributed by atoms with Crippen LogP contribution < -0.4 is 0 Å². The maximum Gasteiger partial charge on any atom is 0.230 e. The summed E-state index contributed by atoms with van der Waals surface area (Å²) in [5.74, 6) is 0.366. The maximum absolute atomic E-state index is 13.2. The van der Waals surface area contributed by atoms with Crippen molar-refractivity contribution in [1.29, 1.82) is 0 Å². The van der Waals surface area contributed by atoms with Crippen molar-refractivity contribution in [2.75, 3.05) is 32.8 Å². The van der Waals surface area contributed by atoms with E-state index in [0.29, 0.717) is 18.5 Å². The summed E-state index contributed by atoms with van der Waals surface area (Å²) in [7, 11) is 0. The van der Waals surface area contributed by atoms with Crippen LogP contribution in [0.5, 0.6) is 0 Å². The number of hydrogen-bond donors (Lipinski definition) is 0. The monoisotopic (exact) mass is 349 g/mol. The van der Waals surface area contributed by atoms with E-state index in [1.165, 1.54) is 0 Å². The average Bonchev–Trinajstić information content (AvgIpc) is 3.15. The lowest BCUT2D eigenvalue weighted by molar-refractivity contribution is -0.140. The second-order valence-corrected chi connectivity index (χ2v) is 8.59. The van der Waals surface area contributed by atoms with Crippen molar-refractivity contribution >= 4 is 17.2 Å². The standard InChI is InChI=1S/C18H27N3O2S/c1-14-19-15(12-24-14)11-20-8-6-18(17(20)22)5-2-7-21(13-18)16-3-9-23-10-4-16/h12,16H,2-11,13H2,1H3/t18-/m1/s1. The lowest BCUT2D eigenvalue weighted by Gasteiger charge is -2.44. The molecule has 3 fully saturated rings. The number of carbonyl (C=O) groups is 1. The van der Waals surface area contributed by atoms with Gasteiger partial charge in [-0.05, 0) is 45.6 Å². The Morgan fingerprint density at radius 3 is 2.92 bits per heavy atom. The Bertz CT molecular complexity index is 599. The summed E-state index contributed by atoms with van der Waals surface area (Å²) in [4.78, 5) is 22.3. The Balaban J connectivity index is 1.43. The molecule has 132 valence electrons. The van der Waals surface area contributed by atoms with E-state index < -0.39 is 0 Å². The molecule has 4 rings (SSSR count). The van der Waals surface area contributed by atoms with Gasteiger partial charge in [0.15, 0.2) is 0 Å². The molecule has 1 spiro atoms. The third kappa shape index (κ3) is 3.11. The molecule has 1 amide bonds. The van der Waals surface area contributed by atoms with E-state index in [9.17, 15) is 4.79 Å². The van der Waals surface area contributed by atoms with E-state index in [1.807, 2.05) is 11.8 Å². The highest BCUT2D eigenvalue weighted by atomic mass is 32.1. The van der Waals surface area contributed by atoms with Crippen LogP contribution in [-0.2, 0) is 16.1 Å². The number of ether oxygens (including phenoxy) is 1. The summed E-state index contributed by atoms with van der Waals surface area (Å²) in [6.07, 6.45) is 5.44. The van der Waals surface area contributed by atoms with Gasteiger partial charge in [0, 0.05) is 37.7 Å². The SMILES string of the molecule is Cc1nc(CN2CC[C@@]3(CCCN(C4CCOCC4)C3)C2=O)cs1. The molecule has 1 atom stereocenters. The van der Waals surface area contributed by atoms with Gasteiger partial charge in [0.2, 0.25) is 5.91 Å². The minimum Gasteiger partial charge on any atom is -0.381 e. The highest BCUT2D eigenvalue weighted by Gasteiger charge is 2.49. The van der Waals surface area contributed by atoms with Gasteiger partial charge in [-0.1, -0.05) is 0 Å². The number of hydrogen-bond acceptors (Lipinski definition) is 5. The van der Waals surface area contributed by atoms with Gasteiger partial charge >= 0.3 is 0 Å². The van der Waals surface area contributed by atoms with Crippen LogP contribution in [0, 0.1) is 12.3 Å². The van der Waals surface area contributed by atoms with Gasteiger partial charge in [0.25, 0.3) is 0 Å². The molecule has 3 saturated heterocycles. The fraction of sp³-hybridized carbons (Fsp3) is 0.778. The molecular formula is C18H27N3O2S. The number of carbonyl (C=O) groups excluding carboxylic acids is 1. The molecule has 3 aliphatic heterocycles. The molecule has 1 aromatic heterocycles. The van der Waals surface area contributed by atoms with Gasteiger partial charge in [0.1, 0.15) is 0 Å². The predicted octanol–water partition coefficient (Wildman–Crippen LogP) is 2.45. The molecule has 5 nitrogen and oxygen atoms in total. The minimum absolute atomic E-state index is 0.137. The number of thiazole rings is 1. The normalized spacial score (nSPS) is 29.7. The summed E-state index contributed by atoms with van der Waals surface area (Å²) in [6.45, 7) is 7.43. The molecule has 6 heteroatoms. The molecule has 0 N–H and O–H groups in total. The molecule has 0 saturated carbocycles. The smallest absolute Gasteiger partial charge is 0.230 e. The van der Waals surface area contributed by atoms with E-state index in [4.69, 9.17) is 4.74 Å². The highest BCUT2D eigenvalue weighted by molar-refractivity contribution is 7.09. The summed E-state index contributed by atoms with van der Waals surface area (Å²) >= 11 is 1.67. The van der Waals surface area contributed by atoms with Gasteiger partial charge in [-0.25, -0.2) is 4.98 Å². The van der Waals surface area contributed by atoms with Crippen molar-refractivity contribution in [2.45, 2.75) is 51.6 Å². The van der Waals surface area contributed by atoms with E-state index in [-0.39, 0.29) is 5.41 Å². The second-order valence-electron chi connectivity index (χ2n) is 7.53. The Kier molecular flexibility index (Phi) is 4.62. The van der Waals surface area contributed by atoms with Crippen molar-refractivity contribution < 1.29 is 9.53 Å². The molecule has 1 aromatic rings. The molecule has 3 aliphatic rings. The second kappa shape index (κ2) is 6.73. The van der Waals surface area contributed by atoms with E-state index >= 15 is 0 Å². The fourth-order valence-corrected chi connectivity index (χ4v) is 5.23. The summed E-state index contributed by atoms with van der Waals surface area (Å²) < 4.78 is 5.51. The fourth-order valence-electron chi connectivity index (χ4n) is 4.63. The molecule has 0 unspecified atom stereocenters. The Hall–Kier alpha value is -0.980. The van der Waals surface area contributed by atoms with Gasteiger partial charge in [-0.3, -0.25) is 9.69 Å². The largest absolute Gasteiger partial charge is 0.381 e. The van der Waals surface area contributed by atoms with Crippen LogP contribution in [0.3, 0.4) is 0 Å². The quantitative estimate of drug-likeness (QED) is 0.841. The molecule has 0 aromatic carbocycles. The van der Waals surface area contributed by atoms with Crippen molar-refractivity contribution in [2.24, 2.45) is 5.41 Å². The first-order valence-corrected chi connectivity index (χ1v) is 10.1. The van der Waals surface area contributed by atoms with Crippen molar-refractivity contribution in [1.82, 2.24) is 14.8 Å². The number of nitrogens with zero attached hydrogens (tertiary/aromatic N) is 3. The molecule has 24 heavy (non-hydrogen) atoms. The number of aromatic nitrogens is 1. The van der Waals surface area contributed by atoms with Crippen LogP contribution in [0.25, 0.3) is 0 Å². The van der Waals surface area contributed by atoms with Crippen LogP contribution >= 0.6 is 11.3 Å². The van der Waals surface area contributed by atoms with Crippen LogP contribution in [0.1, 0.15) is 42.8 Å². The van der Waals surface area contributed by atoms with Gasteiger partial charge in [0.05, 0.1) is 22.7 Å². The molecule has 0 aliphatic carbocycles. The zero-order chi connectivity index (χ0) is 16.6. The highest BCUT2D eigenvalue weighted by Crippen LogP contribution is 2.41. The third-order valence-corrected chi connectivity index (χ3v) is 6.76. The van der Waals surface area contributed by atoms with Crippen LogP contribution in [0.15, 0.2) is 5.38 Å². The van der Waals surface area contributed by atoms with Gasteiger partial charge < -0.3 is 9.64 Å². The van der Waals surface area contributed by atoms with Crippen molar-refractivity contribution in [3.8, 4) is 0 Å². The summed E-state index contributed by atoms with van der Waals surface area (Å²) in [6, 6.07) is 0.610. The van der Waals surface area contributed by atoms with Crippen LogP contribution in [0.2, 0.25) is 0 Å². The third-order valence-electron chi connectivity index (χ3n) is 5.93. The first-order chi connectivity index (χ1) is 11.7. The number of aryl methyl sites for hydroxylation is 1. The first-order valence-electron chi connectivity index (χ1n) is 9.18. The topological polar surface area (TPSA) is 45.7 Å². The predicted molar refractivity (Wildman–Crippen MR) is 94.0 cm³/mol. The first kappa shape index (κ1) is 16.5. The Labute approximate surface area is 148 Å². The van der Waals surface area contributed by atoms with Crippen molar-refractivity contribution in [3.63, 3.8) is 0 Å². The zero-order valence-electron chi connectivity index (χ0n) is 14.5. The van der Waals surface area contributed by atoms with E-state index in [0.717, 1.165) is 75.7 Å². The number of piperidine rings is 1. The molecular weight excluding hydrogens is 322 g/mol. The maximum atomic E-state index is 13.2. The van der Waals surface area contributed by atoms with E-state index in [2.05, 4.69) is 15.3 Å². The minimum atomic E-state index is -0.137. The Morgan fingerprint density at radius 1 is 1.33 bits per heavy atom. The zero-order valence-corrected chi connectivity index (χ0v) is 15.3. The number of likely N-dealkylation sites (tertiary alicyclic amines) is 2. The molecule has 4 heterocycles. The lowest BCUT2D eigenvalue weighted by Crippen LogP contribution is -2.52. The summed E-state index contributed by atoms with van der Waals surface area (Å²) in [5, 5.41) is 3.16. The van der Waals surface area contributed by atoms with Crippen LogP contribution in [0.4, 0.5) is 0 Å². The molecule has 0 bridgehead atoms. The van der Waals surface area contributed by atoms with Gasteiger partial charge in [-0.2, -0.15) is 0 Å². The van der Waals surface area contributed by atoms with Crippen LogP contribution in [-0.4, -0.2) is 59.6 Å². The Morgan fingerprint density at radius 2 is 2.17 bits per heavy atom.